The Morgan fingerprint density at radius 2 is 1.77 bits per heavy atom. The van der Waals surface area contributed by atoms with Gasteiger partial charge in [-0.15, -0.1) is 0 Å². The predicted molar refractivity (Wildman–Crippen MR) is 54.0 cm³/mol. The van der Waals surface area contributed by atoms with Crippen LogP contribution < -0.4 is 0 Å². The zero-order chi connectivity index (χ0) is 10.5. The summed E-state index contributed by atoms with van der Waals surface area (Å²) in [6, 6.07) is 3.68. The van der Waals surface area contributed by atoms with Crippen LogP contribution in [0.25, 0.3) is 0 Å². The number of hydrogen-bond donors (Lipinski definition) is 0. The van der Waals surface area contributed by atoms with E-state index in [1.807, 2.05) is 19.1 Å². The van der Waals surface area contributed by atoms with Crippen LogP contribution in [0.5, 0.6) is 0 Å². The van der Waals surface area contributed by atoms with Crippen LogP contribution in [-0.2, 0) is 0 Å². The van der Waals surface area contributed by atoms with E-state index in [0.717, 1.165) is 12.8 Å². The molecule has 0 aromatic rings. The van der Waals surface area contributed by atoms with Crippen molar-refractivity contribution in [2.45, 2.75) is 30.9 Å². The Morgan fingerprint density at radius 3 is 2.00 bits per heavy atom. The van der Waals surface area contributed by atoms with E-state index >= 15 is 0 Å². The van der Waals surface area contributed by atoms with Crippen molar-refractivity contribution >= 4 is 10.4 Å². The fraction of sp³-hybridized carbons (Fsp3) is 0.778. The standard InChI is InChI=1S/C9H15FN2S/c1-4-5-6-9(7-11,8-12)13(2,3)10/h4-6H2,1-3H3. The molecule has 0 aromatic heterocycles. The average molecular weight is 202 g/mol. The normalized spacial score (nSPS) is 13.1. The molecule has 0 unspecified atom stereocenters. The third kappa shape index (κ3) is 2.60. The van der Waals surface area contributed by atoms with E-state index in [4.69, 9.17) is 10.5 Å². The maximum atomic E-state index is 13.7. The molecule has 74 valence electrons. The van der Waals surface area contributed by atoms with Gasteiger partial charge < -0.3 is 0 Å². The Bertz CT molecular complexity index is 230. The summed E-state index contributed by atoms with van der Waals surface area (Å²) in [5.41, 5.74) is 0. The van der Waals surface area contributed by atoms with Crippen molar-refractivity contribution in [1.29, 1.82) is 10.5 Å². The molecule has 0 aliphatic carbocycles. The minimum atomic E-state index is -2.62. The van der Waals surface area contributed by atoms with E-state index in [1.54, 1.807) is 0 Å². The van der Waals surface area contributed by atoms with E-state index in [9.17, 15) is 3.89 Å². The summed E-state index contributed by atoms with van der Waals surface area (Å²) in [5.74, 6) is 0. The van der Waals surface area contributed by atoms with Crippen LogP contribution >= 0.6 is 10.4 Å². The van der Waals surface area contributed by atoms with E-state index in [-0.39, 0.29) is 0 Å². The molecule has 0 saturated carbocycles. The lowest BCUT2D eigenvalue weighted by atomic mass is 10.0. The summed E-state index contributed by atoms with van der Waals surface area (Å²) in [7, 11) is -2.62. The van der Waals surface area contributed by atoms with Gasteiger partial charge in [-0.25, -0.2) is 0 Å². The van der Waals surface area contributed by atoms with Crippen molar-refractivity contribution in [3.63, 3.8) is 0 Å². The van der Waals surface area contributed by atoms with Crippen molar-refractivity contribution in [2.24, 2.45) is 0 Å². The van der Waals surface area contributed by atoms with Gasteiger partial charge in [0.25, 0.3) is 0 Å². The first-order valence-corrected chi connectivity index (χ1v) is 6.53. The molecule has 0 fully saturated rings. The topological polar surface area (TPSA) is 47.6 Å². The minimum absolute atomic E-state index is 0.343. The number of nitrogens with zero attached hydrogens (tertiary/aromatic N) is 2. The largest absolute Gasteiger partial charge is 0.197 e. The molecule has 13 heavy (non-hydrogen) atoms. The highest BCUT2D eigenvalue weighted by Gasteiger charge is 2.42. The van der Waals surface area contributed by atoms with Crippen molar-refractivity contribution in [1.82, 2.24) is 0 Å². The molecule has 4 heteroatoms. The molecule has 0 radical (unpaired) electrons. The Hall–Kier alpha value is -0.740. The summed E-state index contributed by atoms with van der Waals surface area (Å²) in [4.78, 5) is 0. The fourth-order valence-electron chi connectivity index (χ4n) is 1.02. The molecule has 2 nitrogen and oxygen atoms in total. The molecule has 0 atom stereocenters. The number of rotatable bonds is 4. The molecule has 0 rings (SSSR count). The Labute approximate surface area is 81.0 Å². The second kappa shape index (κ2) is 4.48. The van der Waals surface area contributed by atoms with Gasteiger partial charge in [0.2, 0.25) is 0 Å². The lowest BCUT2D eigenvalue weighted by Gasteiger charge is -2.33. The molecular formula is C9H15FN2S. The van der Waals surface area contributed by atoms with Gasteiger partial charge in [-0.3, -0.25) is 0 Å². The molecule has 0 spiro atoms. The van der Waals surface area contributed by atoms with Crippen molar-refractivity contribution in [2.75, 3.05) is 12.5 Å². The van der Waals surface area contributed by atoms with Crippen LogP contribution in [0.4, 0.5) is 3.89 Å². The molecule has 0 aromatic carbocycles. The second-order valence-corrected chi connectivity index (χ2v) is 6.46. The van der Waals surface area contributed by atoms with Gasteiger partial charge in [0.15, 0.2) is 4.75 Å². The minimum Gasteiger partial charge on any atom is -0.196 e. The monoisotopic (exact) mass is 202 g/mol. The van der Waals surface area contributed by atoms with Crippen molar-refractivity contribution < 1.29 is 3.89 Å². The van der Waals surface area contributed by atoms with Crippen molar-refractivity contribution in [3.05, 3.63) is 0 Å². The van der Waals surface area contributed by atoms with Crippen LogP contribution in [0.3, 0.4) is 0 Å². The van der Waals surface area contributed by atoms with Crippen LogP contribution in [0, 0.1) is 22.7 Å². The van der Waals surface area contributed by atoms with Crippen molar-refractivity contribution in [3.8, 4) is 12.1 Å². The summed E-state index contributed by atoms with van der Waals surface area (Å²) in [6.45, 7) is 1.96. The Morgan fingerprint density at radius 1 is 1.31 bits per heavy atom. The first kappa shape index (κ1) is 12.3. The fourth-order valence-corrected chi connectivity index (χ4v) is 2.09. The molecule has 0 heterocycles. The maximum absolute atomic E-state index is 13.7. The van der Waals surface area contributed by atoms with Crippen LogP contribution in [0.15, 0.2) is 0 Å². The smallest absolute Gasteiger partial charge is 0.196 e. The zero-order valence-corrected chi connectivity index (χ0v) is 9.12. The van der Waals surface area contributed by atoms with Gasteiger partial charge in [0.05, 0.1) is 12.1 Å². The molecule has 0 amide bonds. The highest BCUT2D eigenvalue weighted by molar-refractivity contribution is 8.29. The number of unbranched alkanes of at least 4 members (excludes halogenated alkanes) is 1. The first-order chi connectivity index (χ1) is 5.93. The SMILES string of the molecule is CCCCC(C#N)(C#N)S(C)(C)F. The van der Waals surface area contributed by atoms with E-state index in [1.165, 1.54) is 12.5 Å². The van der Waals surface area contributed by atoms with E-state index < -0.39 is 15.2 Å². The maximum Gasteiger partial charge on any atom is 0.197 e. The van der Waals surface area contributed by atoms with Crippen LogP contribution in [-0.4, -0.2) is 17.3 Å². The summed E-state index contributed by atoms with van der Waals surface area (Å²) >= 11 is 0. The van der Waals surface area contributed by atoms with E-state index in [0.29, 0.717) is 6.42 Å². The molecule has 0 N–H and O–H groups in total. The van der Waals surface area contributed by atoms with Gasteiger partial charge in [0, 0.05) is 0 Å². The molecule has 0 aliphatic rings. The second-order valence-electron chi connectivity index (χ2n) is 3.36. The molecule has 0 saturated heterocycles. The third-order valence-corrected chi connectivity index (χ3v) is 4.12. The van der Waals surface area contributed by atoms with E-state index in [2.05, 4.69) is 0 Å². The number of nitriles is 2. The highest BCUT2D eigenvalue weighted by Crippen LogP contribution is 2.56. The highest BCUT2D eigenvalue weighted by atomic mass is 32.3. The average Bonchev–Trinajstić information content (AvgIpc) is 2.05. The summed E-state index contributed by atoms with van der Waals surface area (Å²) in [6.07, 6.45) is 4.68. The zero-order valence-electron chi connectivity index (χ0n) is 8.30. The lowest BCUT2D eigenvalue weighted by Crippen LogP contribution is -2.28. The van der Waals surface area contributed by atoms with Gasteiger partial charge in [-0.2, -0.15) is 14.4 Å². The van der Waals surface area contributed by atoms with Gasteiger partial charge in [-0.05, 0) is 18.9 Å². The number of hydrogen-bond acceptors (Lipinski definition) is 2. The van der Waals surface area contributed by atoms with Gasteiger partial charge in [-0.1, -0.05) is 30.2 Å². The van der Waals surface area contributed by atoms with Crippen LogP contribution in [0.1, 0.15) is 26.2 Å². The molecular weight excluding hydrogens is 187 g/mol. The van der Waals surface area contributed by atoms with Crippen LogP contribution in [0.2, 0.25) is 0 Å². The summed E-state index contributed by atoms with van der Waals surface area (Å²) < 4.78 is 12.3. The number of halogens is 1. The quantitative estimate of drug-likeness (QED) is 0.703. The van der Waals surface area contributed by atoms with Gasteiger partial charge >= 0.3 is 0 Å². The molecule has 0 bridgehead atoms. The summed E-state index contributed by atoms with van der Waals surface area (Å²) in [5, 5.41) is 17.7. The predicted octanol–water partition coefficient (Wildman–Crippen LogP) is 2.91. The first-order valence-electron chi connectivity index (χ1n) is 4.18. The Kier molecular flexibility index (Phi) is 4.23. The van der Waals surface area contributed by atoms with Gasteiger partial charge in [0.1, 0.15) is 0 Å². The lowest BCUT2D eigenvalue weighted by molar-refractivity contribution is 0.665. The third-order valence-electron chi connectivity index (χ3n) is 2.07. The Balaban J connectivity index is 4.77. The molecule has 0 aliphatic heterocycles.